The van der Waals surface area contributed by atoms with E-state index in [-0.39, 0.29) is 23.7 Å². The Balaban J connectivity index is 3.05. The average molecular weight is 354 g/mol. The van der Waals surface area contributed by atoms with E-state index in [4.69, 9.17) is 0 Å². The number of hydrogen-bond acceptors (Lipinski definition) is 3. The standard InChI is InChI=1S/C19H34N2O4/c1-11(2)10-13(14(18(24)25)12-8-7-9-12)16(22)21-15(17(23)20-6)19(3,4)5/h11-15H,7-10H2,1-6H3,(H,20,23)(H,21,22)(H,24,25). The number of carbonyl (C=O) groups excluding carboxylic acids is 2. The first-order valence-electron chi connectivity index (χ1n) is 9.23. The number of carboxylic acid groups (broad SMARTS) is 1. The Labute approximate surface area is 151 Å². The van der Waals surface area contributed by atoms with Gasteiger partial charge in [-0.25, -0.2) is 0 Å². The lowest BCUT2D eigenvalue weighted by Crippen LogP contribution is -2.55. The fourth-order valence-corrected chi connectivity index (χ4v) is 3.49. The first-order chi connectivity index (χ1) is 11.5. The normalized spacial score (nSPS) is 18.8. The van der Waals surface area contributed by atoms with Gasteiger partial charge in [-0.1, -0.05) is 41.0 Å². The fourth-order valence-electron chi connectivity index (χ4n) is 3.49. The summed E-state index contributed by atoms with van der Waals surface area (Å²) in [6.45, 7) is 9.61. The van der Waals surface area contributed by atoms with Gasteiger partial charge in [0.1, 0.15) is 6.04 Å². The largest absolute Gasteiger partial charge is 0.481 e. The molecule has 144 valence electrons. The summed E-state index contributed by atoms with van der Waals surface area (Å²) in [4.78, 5) is 37.1. The van der Waals surface area contributed by atoms with E-state index in [9.17, 15) is 19.5 Å². The smallest absolute Gasteiger partial charge is 0.307 e. The van der Waals surface area contributed by atoms with Crippen molar-refractivity contribution in [3.05, 3.63) is 0 Å². The van der Waals surface area contributed by atoms with Gasteiger partial charge in [0.2, 0.25) is 11.8 Å². The molecule has 3 unspecified atom stereocenters. The Bertz CT molecular complexity index is 492. The van der Waals surface area contributed by atoms with Crippen LogP contribution in [0.5, 0.6) is 0 Å². The third kappa shape index (κ3) is 5.72. The number of aliphatic carboxylic acids is 1. The maximum Gasteiger partial charge on any atom is 0.307 e. The van der Waals surface area contributed by atoms with Gasteiger partial charge in [-0.05, 0) is 36.5 Å². The molecular formula is C19H34N2O4. The highest BCUT2D eigenvalue weighted by molar-refractivity contribution is 5.91. The monoisotopic (exact) mass is 354 g/mol. The molecule has 6 heteroatoms. The molecule has 0 heterocycles. The van der Waals surface area contributed by atoms with Gasteiger partial charge in [-0.2, -0.15) is 0 Å². The molecule has 6 nitrogen and oxygen atoms in total. The van der Waals surface area contributed by atoms with E-state index in [1.807, 2.05) is 34.6 Å². The van der Waals surface area contributed by atoms with Gasteiger partial charge in [-0.3, -0.25) is 14.4 Å². The van der Waals surface area contributed by atoms with Gasteiger partial charge in [0.05, 0.1) is 11.8 Å². The van der Waals surface area contributed by atoms with E-state index >= 15 is 0 Å². The molecule has 3 atom stereocenters. The quantitative estimate of drug-likeness (QED) is 0.624. The lowest BCUT2D eigenvalue weighted by Gasteiger charge is -2.37. The fraction of sp³-hybridized carbons (Fsp3) is 0.842. The predicted molar refractivity (Wildman–Crippen MR) is 96.9 cm³/mol. The van der Waals surface area contributed by atoms with Gasteiger partial charge < -0.3 is 15.7 Å². The molecule has 0 saturated heterocycles. The number of nitrogens with one attached hydrogen (secondary N) is 2. The van der Waals surface area contributed by atoms with Crippen LogP contribution in [0.4, 0.5) is 0 Å². The summed E-state index contributed by atoms with van der Waals surface area (Å²) in [6, 6.07) is -0.699. The van der Waals surface area contributed by atoms with E-state index in [1.54, 1.807) is 0 Å². The number of likely N-dealkylation sites (N-methyl/N-ethyl adjacent to an activating group) is 1. The Morgan fingerprint density at radius 2 is 1.68 bits per heavy atom. The van der Waals surface area contributed by atoms with E-state index in [0.29, 0.717) is 6.42 Å². The van der Waals surface area contributed by atoms with E-state index in [2.05, 4.69) is 10.6 Å². The molecule has 0 aliphatic heterocycles. The van der Waals surface area contributed by atoms with Crippen LogP contribution in [0.1, 0.15) is 60.3 Å². The molecule has 2 amide bonds. The van der Waals surface area contributed by atoms with Crippen LogP contribution < -0.4 is 10.6 Å². The highest BCUT2D eigenvalue weighted by Crippen LogP contribution is 2.39. The second-order valence-corrected chi connectivity index (χ2v) is 8.71. The first-order valence-corrected chi connectivity index (χ1v) is 9.23. The van der Waals surface area contributed by atoms with Gasteiger partial charge in [0.25, 0.3) is 0 Å². The Morgan fingerprint density at radius 3 is 2.00 bits per heavy atom. The molecule has 0 aromatic heterocycles. The number of amides is 2. The van der Waals surface area contributed by atoms with Crippen molar-refractivity contribution < 1.29 is 19.5 Å². The minimum atomic E-state index is -0.905. The third-order valence-corrected chi connectivity index (χ3v) is 5.10. The highest BCUT2D eigenvalue weighted by Gasteiger charge is 2.43. The summed E-state index contributed by atoms with van der Waals surface area (Å²) in [7, 11) is 1.53. The third-order valence-electron chi connectivity index (χ3n) is 5.10. The maximum absolute atomic E-state index is 13.0. The predicted octanol–water partition coefficient (Wildman–Crippen LogP) is 2.43. The van der Waals surface area contributed by atoms with Gasteiger partial charge in [0, 0.05) is 7.05 Å². The van der Waals surface area contributed by atoms with Crippen molar-refractivity contribution >= 4 is 17.8 Å². The minimum absolute atomic E-state index is 0.0556. The van der Waals surface area contributed by atoms with Crippen molar-refractivity contribution in [2.45, 2.75) is 66.3 Å². The van der Waals surface area contributed by atoms with Crippen LogP contribution in [-0.4, -0.2) is 36.0 Å². The van der Waals surface area contributed by atoms with E-state index in [0.717, 1.165) is 19.3 Å². The Morgan fingerprint density at radius 1 is 1.12 bits per heavy atom. The van der Waals surface area contributed by atoms with E-state index < -0.39 is 29.3 Å². The zero-order valence-electron chi connectivity index (χ0n) is 16.4. The van der Waals surface area contributed by atoms with Crippen LogP contribution >= 0.6 is 0 Å². The number of hydrogen-bond donors (Lipinski definition) is 3. The lowest BCUT2D eigenvalue weighted by molar-refractivity contribution is -0.152. The van der Waals surface area contributed by atoms with E-state index in [1.165, 1.54) is 7.05 Å². The summed E-state index contributed by atoms with van der Waals surface area (Å²) < 4.78 is 0. The van der Waals surface area contributed by atoms with Crippen molar-refractivity contribution in [1.82, 2.24) is 10.6 Å². The minimum Gasteiger partial charge on any atom is -0.481 e. The lowest BCUT2D eigenvalue weighted by atomic mass is 9.68. The molecule has 0 spiro atoms. The summed E-state index contributed by atoms with van der Waals surface area (Å²) in [6.07, 6.45) is 3.24. The maximum atomic E-state index is 13.0. The van der Waals surface area contributed by atoms with Crippen LogP contribution in [-0.2, 0) is 14.4 Å². The van der Waals surface area contributed by atoms with Crippen molar-refractivity contribution in [2.75, 3.05) is 7.05 Å². The Hall–Kier alpha value is -1.59. The van der Waals surface area contributed by atoms with Crippen molar-refractivity contribution in [3.8, 4) is 0 Å². The van der Waals surface area contributed by atoms with Gasteiger partial charge in [0.15, 0.2) is 0 Å². The molecule has 1 aliphatic carbocycles. The zero-order valence-corrected chi connectivity index (χ0v) is 16.4. The molecular weight excluding hydrogens is 320 g/mol. The second kappa shape index (κ2) is 8.68. The van der Waals surface area contributed by atoms with Gasteiger partial charge >= 0.3 is 5.97 Å². The van der Waals surface area contributed by atoms with Crippen LogP contribution in [0.3, 0.4) is 0 Å². The molecule has 0 radical (unpaired) electrons. The molecule has 3 N–H and O–H groups in total. The summed E-state index contributed by atoms with van der Waals surface area (Å²) >= 11 is 0. The number of carboxylic acids is 1. The summed E-state index contributed by atoms with van der Waals surface area (Å²) in [5, 5.41) is 15.2. The molecule has 1 rings (SSSR count). The molecule has 0 bridgehead atoms. The second-order valence-electron chi connectivity index (χ2n) is 8.71. The molecule has 1 saturated carbocycles. The molecule has 1 fully saturated rings. The van der Waals surface area contributed by atoms with Crippen LogP contribution in [0.2, 0.25) is 0 Å². The molecule has 0 aromatic carbocycles. The van der Waals surface area contributed by atoms with Crippen molar-refractivity contribution in [2.24, 2.45) is 29.1 Å². The Kier molecular flexibility index (Phi) is 7.44. The van der Waals surface area contributed by atoms with Crippen molar-refractivity contribution in [1.29, 1.82) is 0 Å². The highest BCUT2D eigenvalue weighted by atomic mass is 16.4. The average Bonchev–Trinajstić information content (AvgIpc) is 2.43. The summed E-state index contributed by atoms with van der Waals surface area (Å²) in [5.41, 5.74) is -0.465. The zero-order chi connectivity index (χ0) is 19.4. The topological polar surface area (TPSA) is 95.5 Å². The van der Waals surface area contributed by atoms with Crippen LogP contribution in [0.25, 0.3) is 0 Å². The number of rotatable bonds is 8. The molecule has 1 aliphatic rings. The van der Waals surface area contributed by atoms with Crippen LogP contribution in [0, 0.1) is 29.1 Å². The van der Waals surface area contributed by atoms with Crippen molar-refractivity contribution in [3.63, 3.8) is 0 Å². The molecule has 0 aromatic rings. The first kappa shape index (κ1) is 21.5. The van der Waals surface area contributed by atoms with Gasteiger partial charge in [-0.15, -0.1) is 0 Å². The SMILES string of the molecule is CNC(=O)C(NC(=O)C(CC(C)C)C(C(=O)O)C1CCC1)C(C)(C)C. The molecule has 25 heavy (non-hydrogen) atoms. The summed E-state index contributed by atoms with van der Waals surface area (Å²) in [5.74, 6) is -2.53. The van der Waals surface area contributed by atoms with Crippen LogP contribution in [0.15, 0.2) is 0 Å². The number of carbonyl (C=O) groups is 3.